The number of rotatable bonds is 8. The van der Waals surface area contributed by atoms with E-state index in [1.54, 1.807) is 13.8 Å². The first kappa shape index (κ1) is 23.6. The van der Waals surface area contributed by atoms with Gasteiger partial charge in [-0.3, -0.25) is 40.5 Å². The summed E-state index contributed by atoms with van der Waals surface area (Å²) >= 11 is 0. The van der Waals surface area contributed by atoms with Gasteiger partial charge in [-0.1, -0.05) is 13.8 Å². The molecule has 0 fully saturated rings. The van der Waals surface area contributed by atoms with Crippen LogP contribution in [0.25, 0.3) is 0 Å². The topological polar surface area (TPSA) is 208 Å². The first-order valence-corrected chi connectivity index (χ1v) is 8.75. The van der Waals surface area contributed by atoms with Crippen molar-refractivity contribution in [3.63, 3.8) is 0 Å². The second-order valence-corrected chi connectivity index (χ2v) is 6.33. The molecule has 0 aliphatic heterocycles. The molecule has 0 heterocycles. The number of hydrogen-bond donors (Lipinski definition) is 0. The van der Waals surface area contributed by atoms with Crippen LogP contribution in [0.5, 0.6) is 11.5 Å². The zero-order chi connectivity index (χ0) is 24.2. The fourth-order valence-corrected chi connectivity index (χ4v) is 2.60. The lowest BCUT2D eigenvalue weighted by atomic mass is 9.96. The summed E-state index contributed by atoms with van der Waals surface area (Å²) in [6, 6.07) is 3.80. The van der Waals surface area contributed by atoms with E-state index < -0.39 is 66.0 Å². The third-order valence-electron chi connectivity index (χ3n) is 4.36. The van der Waals surface area contributed by atoms with Crippen molar-refractivity contribution in [2.45, 2.75) is 26.2 Å². The van der Waals surface area contributed by atoms with Gasteiger partial charge < -0.3 is 9.47 Å². The van der Waals surface area contributed by atoms with Crippen LogP contribution in [0.1, 0.15) is 31.7 Å². The van der Waals surface area contributed by atoms with Gasteiger partial charge >= 0.3 is 17.5 Å². The van der Waals surface area contributed by atoms with Gasteiger partial charge in [0.15, 0.2) is 0 Å². The Morgan fingerprint density at radius 1 is 0.844 bits per heavy atom. The van der Waals surface area contributed by atoms with Crippen LogP contribution in [0.4, 0.5) is 27.5 Å². The molecule has 32 heavy (non-hydrogen) atoms. The summed E-state index contributed by atoms with van der Waals surface area (Å²) in [5, 5.41) is 44.5. The third-order valence-corrected chi connectivity index (χ3v) is 4.36. The summed E-state index contributed by atoms with van der Waals surface area (Å²) in [4.78, 5) is 53.0. The van der Waals surface area contributed by atoms with Crippen LogP contribution in [0.3, 0.4) is 0 Å². The van der Waals surface area contributed by atoms with Crippen molar-refractivity contribution >= 4 is 28.9 Å². The number of carbonyl (C=O) groups is 1. The van der Waals surface area contributed by atoms with Crippen LogP contribution in [-0.2, 0) is 0 Å². The first-order valence-electron chi connectivity index (χ1n) is 8.75. The number of nitro groups is 4. The predicted octanol–water partition coefficient (Wildman–Crippen LogP) is 4.41. The van der Waals surface area contributed by atoms with Crippen molar-refractivity contribution in [2.24, 2.45) is 0 Å². The van der Waals surface area contributed by atoms with Crippen molar-refractivity contribution in [1.82, 2.24) is 0 Å². The second kappa shape index (κ2) is 9.41. The Morgan fingerprint density at radius 3 is 1.91 bits per heavy atom. The Hall–Kier alpha value is -4.69. The predicted molar refractivity (Wildman–Crippen MR) is 105 cm³/mol. The Morgan fingerprint density at radius 2 is 1.41 bits per heavy atom. The fraction of sp³-hybridized carbons (Fsp3) is 0.235. The van der Waals surface area contributed by atoms with Gasteiger partial charge in [0.05, 0.1) is 31.8 Å². The smallest absolute Gasteiger partial charge is 0.387 e. The molecule has 15 nitrogen and oxygen atoms in total. The number of nitro benzene ring substituents is 4. The Labute approximate surface area is 177 Å². The number of ether oxygens (including phenoxy) is 2. The van der Waals surface area contributed by atoms with Crippen LogP contribution >= 0.6 is 0 Å². The van der Waals surface area contributed by atoms with Crippen molar-refractivity contribution in [1.29, 1.82) is 0 Å². The molecule has 0 aromatic heterocycles. The van der Waals surface area contributed by atoms with Gasteiger partial charge in [-0.2, -0.15) is 0 Å². The lowest BCUT2D eigenvalue weighted by Crippen LogP contribution is -2.17. The van der Waals surface area contributed by atoms with Crippen LogP contribution in [-0.4, -0.2) is 25.8 Å². The maximum atomic E-state index is 12.3. The van der Waals surface area contributed by atoms with Gasteiger partial charge in [0.1, 0.15) is 0 Å². The van der Waals surface area contributed by atoms with Gasteiger partial charge in [0, 0.05) is 17.7 Å². The highest BCUT2D eigenvalue weighted by molar-refractivity contribution is 5.73. The molecule has 2 aromatic rings. The van der Waals surface area contributed by atoms with Gasteiger partial charge in [0.25, 0.3) is 11.4 Å². The number of hydrogen-bond acceptors (Lipinski definition) is 11. The molecule has 0 bridgehead atoms. The van der Waals surface area contributed by atoms with Gasteiger partial charge in [-0.15, -0.1) is 0 Å². The molecule has 2 rings (SSSR count). The van der Waals surface area contributed by atoms with Gasteiger partial charge in [-0.25, -0.2) is 4.79 Å². The van der Waals surface area contributed by atoms with Gasteiger partial charge in [-0.05, 0) is 18.4 Å². The molecule has 0 radical (unpaired) electrons. The minimum Gasteiger partial charge on any atom is -0.387 e. The van der Waals surface area contributed by atoms with E-state index in [0.29, 0.717) is 18.6 Å². The van der Waals surface area contributed by atoms with Gasteiger partial charge in [0.2, 0.25) is 11.5 Å². The standard InChI is InChI=1S/C17H14N4O11/c1-3-9(2)12-6-11(19(25)26)8-14(21(29)30)16(12)32-17(22)31-15-5-4-10(18(23)24)7-13(15)20(27)28/h4-9H,3H2,1-2H3. The minimum atomic E-state index is -1.62. The molecular formula is C17H14N4O11. The number of carbonyl (C=O) groups excluding carboxylic acids is 1. The van der Waals surface area contributed by atoms with Crippen molar-refractivity contribution in [3.05, 3.63) is 76.4 Å². The summed E-state index contributed by atoms with van der Waals surface area (Å²) in [6.07, 6.45) is -1.25. The zero-order valence-corrected chi connectivity index (χ0v) is 16.5. The molecule has 1 atom stereocenters. The molecule has 0 aliphatic carbocycles. The molecule has 0 saturated heterocycles. The molecule has 2 aromatic carbocycles. The summed E-state index contributed by atoms with van der Waals surface area (Å²) in [5.74, 6) is -1.84. The van der Waals surface area contributed by atoms with E-state index >= 15 is 0 Å². The quantitative estimate of drug-likeness (QED) is 0.238. The van der Waals surface area contributed by atoms with E-state index in [9.17, 15) is 45.3 Å². The minimum absolute atomic E-state index is 0.0245. The molecule has 0 saturated carbocycles. The van der Waals surface area contributed by atoms with E-state index in [2.05, 4.69) is 0 Å². The highest BCUT2D eigenvalue weighted by atomic mass is 16.7. The van der Waals surface area contributed by atoms with Crippen molar-refractivity contribution in [3.8, 4) is 11.5 Å². The van der Waals surface area contributed by atoms with E-state index in [1.165, 1.54) is 0 Å². The van der Waals surface area contributed by atoms with Crippen LogP contribution in [0, 0.1) is 40.5 Å². The van der Waals surface area contributed by atoms with E-state index in [-0.39, 0.29) is 5.56 Å². The maximum Gasteiger partial charge on any atom is 0.519 e. The first-order chi connectivity index (χ1) is 15.0. The molecule has 15 heteroatoms. The molecule has 0 amide bonds. The summed E-state index contributed by atoms with van der Waals surface area (Å²) < 4.78 is 9.67. The summed E-state index contributed by atoms with van der Waals surface area (Å²) in [6.45, 7) is 3.28. The molecular weight excluding hydrogens is 436 g/mol. The SMILES string of the molecule is CCC(C)c1cc([N+](=O)[O-])cc([N+](=O)[O-])c1OC(=O)Oc1ccc([N+](=O)[O-])cc1[N+](=O)[O-]. The van der Waals surface area contributed by atoms with Crippen LogP contribution in [0.2, 0.25) is 0 Å². The van der Waals surface area contributed by atoms with E-state index in [1.807, 2.05) is 0 Å². The molecule has 168 valence electrons. The molecule has 0 spiro atoms. The number of benzene rings is 2. The average Bonchev–Trinajstić information content (AvgIpc) is 2.72. The zero-order valence-electron chi connectivity index (χ0n) is 16.5. The summed E-state index contributed by atoms with van der Waals surface area (Å²) in [7, 11) is 0. The second-order valence-electron chi connectivity index (χ2n) is 6.33. The fourth-order valence-electron chi connectivity index (χ4n) is 2.60. The molecule has 1 unspecified atom stereocenters. The highest BCUT2D eigenvalue weighted by Gasteiger charge is 2.31. The van der Waals surface area contributed by atoms with Crippen LogP contribution < -0.4 is 9.47 Å². The number of nitrogens with zero attached hydrogens (tertiary/aromatic N) is 4. The van der Waals surface area contributed by atoms with E-state index in [4.69, 9.17) is 9.47 Å². The Bertz CT molecular complexity index is 1130. The third kappa shape index (κ3) is 5.07. The monoisotopic (exact) mass is 450 g/mol. The van der Waals surface area contributed by atoms with Crippen molar-refractivity contribution < 1.29 is 34.0 Å². The normalized spacial score (nSPS) is 11.3. The van der Waals surface area contributed by atoms with E-state index in [0.717, 1.165) is 18.2 Å². The lowest BCUT2D eigenvalue weighted by molar-refractivity contribution is -0.394. The highest BCUT2D eigenvalue weighted by Crippen LogP contribution is 2.41. The lowest BCUT2D eigenvalue weighted by Gasteiger charge is -2.14. The molecule has 0 aliphatic rings. The molecule has 0 N–H and O–H groups in total. The van der Waals surface area contributed by atoms with Crippen molar-refractivity contribution in [2.75, 3.05) is 0 Å². The number of non-ortho nitro benzene ring substituents is 2. The average molecular weight is 450 g/mol. The van der Waals surface area contributed by atoms with Crippen LogP contribution in [0.15, 0.2) is 30.3 Å². The Balaban J connectivity index is 2.49. The Kier molecular flexibility index (Phi) is 6.94. The largest absolute Gasteiger partial charge is 0.519 e. The maximum absolute atomic E-state index is 12.3. The summed E-state index contributed by atoms with van der Waals surface area (Å²) in [5.41, 5.74) is -3.06.